The van der Waals surface area contributed by atoms with Gasteiger partial charge in [0.25, 0.3) is 0 Å². The van der Waals surface area contributed by atoms with E-state index in [0.29, 0.717) is 16.9 Å². The molecule has 0 aliphatic heterocycles. The molecular formula is C17H19FO3. The number of aryl methyl sites for hydroxylation is 1. The van der Waals surface area contributed by atoms with Gasteiger partial charge in [0.15, 0.2) is 11.6 Å². The monoisotopic (exact) mass is 290 g/mol. The highest BCUT2D eigenvalue weighted by atomic mass is 19.1. The van der Waals surface area contributed by atoms with Crippen molar-refractivity contribution in [3.05, 3.63) is 58.9 Å². The average Bonchev–Trinajstić information content (AvgIpc) is 2.46. The molecule has 0 bridgehead atoms. The third-order valence-corrected chi connectivity index (χ3v) is 3.27. The minimum atomic E-state index is -0.643. The fraction of sp³-hybridized carbons (Fsp3) is 0.294. The molecule has 0 aliphatic rings. The van der Waals surface area contributed by atoms with Crippen molar-refractivity contribution in [3.8, 4) is 11.5 Å². The first kappa shape index (κ1) is 15.3. The zero-order valence-electron chi connectivity index (χ0n) is 12.4. The van der Waals surface area contributed by atoms with Crippen molar-refractivity contribution in [2.45, 2.75) is 26.6 Å². The van der Waals surface area contributed by atoms with Crippen molar-refractivity contribution >= 4 is 0 Å². The predicted octanol–water partition coefficient (Wildman–Crippen LogP) is 3.78. The molecule has 3 nitrogen and oxygen atoms in total. The molecule has 0 saturated heterocycles. The zero-order chi connectivity index (χ0) is 15.4. The van der Waals surface area contributed by atoms with E-state index < -0.39 is 11.9 Å². The second kappa shape index (κ2) is 6.59. The Balaban J connectivity index is 2.22. The normalized spacial score (nSPS) is 12.0. The van der Waals surface area contributed by atoms with Gasteiger partial charge in [-0.05, 0) is 31.5 Å². The number of hydrogen-bond acceptors (Lipinski definition) is 3. The molecule has 0 saturated carbocycles. The van der Waals surface area contributed by atoms with E-state index in [9.17, 15) is 9.50 Å². The fourth-order valence-corrected chi connectivity index (χ4v) is 2.09. The SMILES string of the molecule is COc1cccc(COc2cc(C)ccc2[C@@H](C)O)c1F. The summed E-state index contributed by atoms with van der Waals surface area (Å²) in [6.07, 6.45) is -0.643. The minimum Gasteiger partial charge on any atom is -0.494 e. The molecule has 0 fully saturated rings. The fourth-order valence-electron chi connectivity index (χ4n) is 2.09. The summed E-state index contributed by atoms with van der Waals surface area (Å²) in [6.45, 7) is 3.68. The number of aliphatic hydroxyl groups excluding tert-OH is 1. The van der Waals surface area contributed by atoms with Crippen LogP contribution >= 0.6 is 0 Å². The van der Waals surface area contributed by atoms with Gasteiger partial charge < -0.3 is 14.6 Å². The molecular weight excluding hydrogens is 271 g/mol. The van der Waals surface area contributed by atoms with Crippen molar-refractivity contribution in [3.63, 3.8) is 0 Å². The number of hydrogen-bond donors (Lipinski definition) is 1. The van der Waals surface area contributed by atoms with E-state index in [0.717, 1.165) is 5.56 Å². The van der Waals surface area contributed by atoms with E-state index in [4.69, 9.17) is 9.47 Å². The molecule has 2 rings (SSSR count). The second-order valence-corrected chi connectivity index (χ2v) is 4.94. The lowest BCUT2D eigenvalue weighted by Gasteiger charge is -2.15. The molecule has 2 aromatic carbocycles. The number of aliphatic hydroxyl groups is 1. The second-order valence-electron chi connectivity index (χ2n) is 4.94. The highest BCUT2D eigenvalue weighted by Gasteiger charge is 2.12. The molecule has 0 spiro atoms. The van der Waals surface area contributed by atoms with Gasteiger partial charge in [0.2, 0.25) is 0 Å². The van der Waals surface area contributed by atoms with Crippen LogP contribution in [0.3, 0.4) is 0 Å². The molecule has 0 aromatic heterocycles. The van der Waals surface area contributed by atoms with Gasteiger partial charge in [-0.15, -0.1) is 0 Å². The first-order valence-electron chi connectivity index (χ1n) is 6.75. The number of ether oxygens (including phenoxy) is 2. The molecule has 1 N–H and O–H groups in total. The molecule has 0 unspecified atom stereocenters. The number of methoxy groups -OCH3 is 1. The van der Waals surface area contributed by atoms with Gasteiger partial charge in [-0.25, -0.2) is 4.39 Å². The van der Waals surface area contributed by atoms with E-state index >= 15 is 0 Å². The quantitative estimate of drug-likeness (QED) is 0.911. The number of halogens is 1. The van der Waals surface area contributed by atoms with Gasteiger partial charge in [0.05, 0.1) is 13.2 Å². The lowest BCUT2D eigenvalue weighted by molar-refractivity contribution is 0.189. The standard InChI is InChI=1S/C17H19FO3/c1-11-7-8-14(12(2)19)16(9-11)21-10-13-5-4-6-15(20-3)17(13)18/h4-9,12,19H,10H2,1-3H3/t12-/m1/s1. The van der Waals surface area contributed by atoms with Crippen LogP contribution in [0.4, 0.5) is 4.39 Å². The first-order chi connectivity index (χ1) is 10.0. The summed E-state index contributed by atoms with van der Waals surface area (Å²) in [6, 6.07) is 10.5. The third-order valence-electron chi connectivity index (χ3n) is 3.27. The summed E-state index contributed by atoms with van der Waals surface area (Å²) in [5.41, 5.74) is 2.11. The van der Waals surface area contributed by atoms with Crippen LogP contribution < -0.4 is 9.47 Å². The molecule has 2 aromatic rings. The van der Waals surface area contributed by atoms with Crippen molar-refractivity contribution < 1.29 is 19.0 Å². The third kappa shape index (κ3) is 3.52. The maximum Gasteiger partial charge on any atom is 0.171 e. The van der Waals surface area contributed by atoms with E-state index in [1.54, 1.807) is 25.1 Å². The Labute approximate surface area is 124 Å². The maximum absolute atomic E-state index is 14.1. The van der Waals surface area contributed by atoms with Gasteiger partial charge >= 0.3 is 0 Å². The van der Waals surface area contributed by atoms with Crippen molar-refractivity contribution in [1.29, 1.82) is 0 Å². The van der Waals surface area contributed by atoms with E-state index in [2.05, 4.69) is 0 Å². The van der Waals surface area contributed by atoms with Crippen LogP contribution in [-0.2, 0) is 6.61 Å². The molecule has 0 radical (unpaired) electrons. The molecule has 1 atom stereocenters. The van der Waals surface area contributed by atoms with E-state index in [1.165, 1.54) is 7.11 Å². The van der Waals surface area contributed by atoms with Crippen molar-refractivity contribution in [1.82, 2.24) is 0 Å². The topological polar surface area (TPSA) is 38.7 Å². The van der Waals surface area contributed by atoms with Crippen molar-refractivity contribution in [2.24, 2.45) is 0 Å². The average molecular weight is 290 g/mol. The highest BCUT2D eigenvalue weighted by Crippen LogP contribution is 2.28. The smallest absolute Gasteiger partial charge is 0.171 e. The van der Waals surface area contributed by atoms with Crippen molar-refractivity contribution in [2.75, 3.05) is 7.11 Å². The van der Waals surface area contributed by atoms with Crippen LogP contribution in [0.2, 0.25) is 0 Å². The Hall–Kier alpha value is -2.07. The summed E-state index contributed by atoms with van der Waals surface area (Å²) < 4.78 is 24.7. The Morgan fingerprint density at radius 1 is 1.19 bits per heavy atom. The lowest BCUT2D eigenvalue weighted by Crippen LogP contribution is -2.03. The van der Waals surface area contributed by atoms with Crippen LogP contribution in [0.5, 0.6) is 11.5 Å². The Morgan fingerprint density at radius 3 is 2.62 bits per heavy atom. The minimum absolute atomic E-state index is 0.0756. The van der Waals surface area contributed by atoms with Gasteiger partial charge in [-0.1, -0.05) is 24.3 Å². The highest BCUT2D eigenvalue weighted by molar-refractivity contribution is 5.39. The van der Waals surface area contributed by atoms with Gasteiger partial charge in [-0.3, -0.25) is 0 Å². The largest absolute Gasteiger partial charge is 0.494 e. The van der Waals surface area contributed by atoms with Gasteiger partial charge in [0.1, 0.15) is 12.4 Å². The Bertz CT molecular complexity index is 623. The van der Waals surface area contributed by atoms with Crippen LogP contribution in [0, 0.1) is 12.7 Å². The molecule has 0 aliphatic carbocycles. The van der Waals surface area contributed by atoms with E-state index in [1.807, 2.05) is 25.1 Å². The predicted molar refractivity (Wildman–Crippen MR) is 79.1 cm³/mol. The van der Waals surface area contributed by atoms with E-state index in [-0.39, 0.29) is 12.4 Å². The van der Waals surface area contributed by atoms with Gasteiger partial charge in [-0.2, -0.15) is 0 Å². The van der Waals surface area contributed by atoms with Gasteiger partial charge in [0, 0.05) is 11.1 Å². The van der Waals surface area contributed by atoms with Crippen LogP contribution in [0.25, 0.3) is 0 Å². The summed E-state index contributed by atoms with van der Waals surface area (Å²) in [5.74, 6) is 0.328. The molecule has 21 heavy (non-hydrogen) atoms. The maximum atomic E-state index is 14.1. The zero-order valence-corrected chi connectivity index (χ0v) is 12.4. The molecule has 112 valence electrons. The Morgan fingerprint density at radius 2 is 1.95 bits per heavy atom. The summed E-state index contributed by atoms with van der Waals surface area (Å²) in [5, 5.41) is 9.76. The molecule has 4 heteroatoms. The summed E-state index contributed by atoms with van der Waals surface area (Å²) in [7, 11) is 1.43. The molecule has 0 amide bonds. The molecule has 0 heterocycles. The lowest BCUT2D eigenvalue weighted by atomic mass is 10.1. The first-order valence-corrected chi connectivity index (χ1v) is 6.75. The van der Waals surface area contributed by atoms with Crippen LogP contribution in [-0.4, -0.2) is 12.2 Å². The number of benzene rings is 2. The van der Waals surface area contributed by atoms with Crippen LogP contribution in [0.15, 0.2) is 36.4 Å². The Kier molecular flexibility index (Phi) is 4.81. The number of rotatable bonds is 5. The summed E-state index contributed by atoms with van der Waals surface area (Å²) in [4.78, 5) is 0. The van der Waals surface area contributed by atoms with Crippen LogP contribution in [0.1, 0.15) is 29.7 Å². The summed E-state index contributed by atoms with van der Waals surface area (Å²) >= 11 is 0.